The zero-order valence-electron chi connectivity index (χ0n) is 14.7. The minimum absolute atomic E-state index is 0.853. The molecule has 126 valence electrons. The quantitative estimate of drug-likeness (QED) is 0.452. The van der Waals surface area contributed by atoms with E-state index in [1.165, 1.54) is 0 Å². The van der Waals surface area contributed by atoms with Gasteiger partial charge in [-0.1, -0.05) is 36.4 Å². The summed E-state index contributed by atoms with van der Waals surface area (Å²) < 4.78 is 0. The molecule has 4 aromatic rings. The molecule has 2 aromatic heterocycles. The minimum Gasteiger partial charge on any atom is -0.254 e. The summed E-state index contributed by atoms with van der Waals surface area (Å²) in [5.41, 5.74) is 5.22. The second kappa shape index (κ2) is 6.84. The average molecular weight is 338 g/mol. The molecule has 0 spiro atoms. The monoisotopic (exact) mass is 338 g/mol. The van der Waals surface area contributed by atoms with Crippen LogP contribution in [0.25, 0.3) is 21.8 Å². The Morgan fingerprint density at radius 2 is 1.04 bits per heavy atom. The Morgan fingerprint density at radius 3 is 1.50 bits per heavy atom. The number of para-hydroxylation sites is 2. The van der Waals surface area contributed by atoms with Gasteiger partial charge in [-0.3, -0.25) is 9.97 Å². The third-order valence-electron chi connectivity index (χ3n) is 4.32. The topological polar surface area (TPSA) is 50.5 Å². The normalized spacial score (nSPS) is 12.7. The van der Waals surface area contributed by atoms with E-state index >= 15 is 0 Å². The molecule has 0 aliphatic rings. The number of aromatic nitrogens is 2. The summed E-state index contributed by atoms with van der Waals surface area (Å²) >= 11 is 0. The Hall–Kier alpha value is -3.40. The Bertz CT molecular complexity index is 1060. The smallest absolute Gasteiger partial charge is 0.0958 e. The van der Waals surface area contributed by atoms with E-state index in [1.807, 2.05) is 74.5 Å². The fourth-order valence-corrected chi connectivity index (χ4v) is 2.88. The molecule has 4 nitrogen and oxygen atoms in total. The first-order chi connectivity index (χ1) is 12.7. The van der Waals surface area contributed by atoms with E-state index in [1.54, 1.807) is 12.4 Å². The first kappa shape index (κ1) is 16.1. The molecule has 4 heteroatoms. The lowest BCUT2D eigenvalue weighted by molar-refractivity contribution is 1.38. The zero-order chi connectivity index (χ0) is 17.9. The van der Waals surface area contributed by atoms with E-state index in [-0.39, 0.29) is 0 Å². The van der Waals surface area contributed by atoms with Gasteiger partial charge in [0.1, 0.15) is 0 Å². The summed E-state index contributed by atoms with van der Waals surface area (Å²) in [5.74, 6) is 0. The molecule has 0 aliphatic carbocycles. The maximum absolute atomic E-state index is 4.77. The zero-order valence-corrected chi connectivity index (χ0v) is 14.7. The number of fused-ring (bicyclic) bond motifs is 2. The second-order valence-corrected chi connectivity index (χ2v) is 6.10. The number of nitrogens with zero attached hydrogens (tertiary/aromatic N) is 4. The van der Waals surface area contributed by atoms with Crippen molar-refractivity contribution in [1.82, 2.24) is 9.97 Å². The molecular formula is C22H18N4. The number of hydrogen-bond donors (Lipinski definition) is 0. The summed E-state index contributed by atoms with van der Waals surface area (Å²) in [6.45, 7) is 3.94. The molecule has 0 aliphatic heterocycles. The van der Waals surface area contributed by atoms with Gasteiger partial charge in [0.25, 0.3) is 0 Å². The van der Waals surface area contributed by atoms with Crippen molar-refractivity contribution < 1.29 is 0 Å². The molecular weight excluding hydrogens is 320 g/mol. The lowest BCUT2D eigenvalue weighted by Crippen LogP contribution is -2.04. The Morgan fingerprint density at radius 1 is 0.615 bits per heavy atom. The number of rotatable bonds is 3. The van der Waals surface area contributed by atoms with Gasteiger partial charge in [0.2, 0.25) is 0 Å². The molecule has 0 atom stereocenters. The van der Waals surface area contributed by atoms with Gasteiger partial charge in [-0.05, 0) is 38.1 Å². The molecule has 26 heavy (non-hydrogen) atoms. The van der Waals surface area contributed by atoms with Crippen LogP contribution >= 0.6 is 0 Å². The van der Waals surface area contributed by atoms with Crippen LogP contribution < -0.4 is 0 Å². The summed E-state index contributed by atoms with van der Waals surface area (Å²) in [6.07, 6.45) is 3.58. The molecule has 0 amide bonds. The maximum Gasteiger partial charge on any atom is 0.0958 e. The minimum atomic E-state index is 0.853. The highest BCUT2D eigenvalue weighted by atomic mass is 14.8. The van der Waals surface area contributed by atoms with Crippen LogP contribution in [0.2, 0.25) is 0 Å². The highest BCUT2D eigenvalue weighted by Gasteiger charge is 2.05. The fraction of sp³-hybridized carbons (Fsp3) is 0.0909. The van der Waals surface area contributed by atoms with Crippen LogP contribution in [0.1, 0.15) is 13.8 Å². The van der Waals surface area contributed by atoms with Crippen molar-refractivity contribution in [3.63, 3.8) is 0 Å². The second-order valence-electron chi connectivity index (χ2n) is 6.10. The molecule has 0 bridgehead atoms. The van der Waals surface area contributed by atoms with Crippen molar-refractivity contribution in [2.24, 2.45) is 9.98 Å². The van der Waals surface area contributed by atoms with Crippen LogP contribution in [-0.2, 0) is 0 Å². The number of aliphatic imine (C=N–C) groups is 2. The highest BCUT2D eigenvalue weighted by Crippen LogP contribution is 2.25. The van der Waals surface area contributed by atoms with Crippen molar-refractivity contribution in [1.29, 1.82) is 0 Å². The molecule has 4 rings (SSSR count). The largest absolute Gasteiger partial charge is 0.254 e. The number of pyridine rings is 2. The molecule has 0 N–H and O–H groups in total. The van der Waals surface area contributed by atoms with E-state index in [4.69, 9.17) is 9.98 Å². The Balaban J connectivity index is 1.76. The van der Waals surface area contributed by atoms with E-state index in [0.717, 1.165) is 44.6 Å². The van der Waals surface area contributed by atoms with Crippen LogP contribution in [0, 0.1) is 0 Å². The van der Waals surface area contributed by atoms with Crippen LogP contribution in [-0.4, -0.2) is 21.4 Å². The first-order valence-electron chi connectivity index (χ1n) is 8.51. The van der Waals surface area contributed by atoms with Crippen LogP contribution in [0.5, 0.6) is 0 Å². The summed E-state index contributed by atoms with van der Waals surface area (Å²) in [7, 11) is 0. The molecule has 0 fully saturated rings. The molecule has 2 heterocycles. The van der Waals surface area contributed by atoms with Gasteiger partial charge in [0.05, 0.1) is 33.8 Å². The fourth-order valence-electron chi connectivity index (χ4n) is 2.88. The van der Waals surface area contributed by atoms with Crippen molar-refractivity contribution in [3.05, 3.63) is 73.1 Å². The summed E-state index contributed by atoms with van der Waals surface area (Å²) in [6, 6.07) is 20.0. The summed E-state index contributed by atoms with van der Waals surface area (Å²) in [4.78, 5) is 18.5. The van der Waals surface area contributed by atoms with Crippen molar-refractivity contribution in [2.45, 2.75) is 13.8 Å². The van der Waals surface area contributed by atoms with Crippen LogP contribution in [0.4, 0.5) is 11.4 Å². The van der Waals surface area contributed by atoms with Gasteiger partial charge in [-0.15, -0.1) is 0 Å². The van der Waals surface area contributed by atoms with Gasteiger partial charge < -0.3 is 0 Å². The predicted molar refractivity (Wildman–Crippen MR) is 109 cm³/mol. The maximum atomic E-state index is 4.77. The third kappa shape index (κ3) is 3.09. The highest BCUT2D eigenvalue weighted by molar-refractivity contribution is 6.41. The average Bonchev–Trinajstić information content (AvgIpc) is 2.68. The lowest BCUT2D eigenvalue weighted by atomic mass is 10.2. The van der Waals surface area contributed by atoms with Crippen molar-refractivity contribution >= 4 is 44.6 Å². The van der Waals surface area contributed by atoms with Crippen LogP contribution in [0.15, 0.2) is 83.0 Å². The Labute approximate surface area is 152 Å². The molecule has 0 radical (unpaired) electrons. The third-order valence-corrected chi connectivity index (χ3v) is 4.32. The van der Waals surface area contributed by atoms with Crippen molar-refractivity contribution in [2.75, 3.05) is 0 Å². The van der Waals surface area contributed by atoms with E-state index in [9.17, 15) is 0 Å². The van der Waals surface area contributed by atoms with Gasteiger partial charge in [-0.25, -0.2) is 9.98 Å². The Kier molecular flexibility index (Phi) is 4.23. The lowest BCUT2D eigenvalue weighted by Gasteiger charge is -2.05. The van der Waals surface area contributed by atoms with Gasteiger partial charge >= 0.3 is 0 Å². The predicted octanol–water partition coefficient (Wildman–Crippen LogP) is 5.67. The molecule has 2 aromatic carbocycles. The number of hydrogen-bond acceptors (Lipinski definition) is 4. The molecule has 0 saturated carbocycles. The molecule has 0 saturated heterocycles. The van der Waals surface area contributed by atoms with Gasteiger partial charge in [0, 0.05) is 23.2 Å². The molecule has 0 unspecified atom stereocenters. The first-order valence-corrected chi connectivity index (χ1v) is 8.51. The SMILES string of the molecule is CC(=Nc1cccc2cccnc12)C(C)=Nc1cccc2cccnc12. The van der Waals surface area contributed by atoms with Gasteiger partial charge in [-0.2, -0.15) is 0 Å². The summed E-state index contributed by atoms with van der Waals surface area (Å²) in [5, 5.41) is 2.16. The standard InChI is InChI=1S/C22H18N4/c1-15(25-19-11-3-7-17-9-5-13-23-21(17)19)16(2)26-20-12-4-8-18-10-6-14-24-22(18)20/h3-14H,1-2H3. The van der Waals surface area contributed by atoms with E-state index < -0.39 is 0 Å². The van der Waals surface area contributed by atoms with E-state index in [0.29, 0.717) is 0 Å². The van der Waals surface area contributed by atoms with Crippen LogP contribution in [0.3, 0.4) is 0 Å². The van der Waals surface area contributed by atoms with E-state index in [2.05, 4.69) is 9.97 Å². The number of benzene rings is 2. The van der Waals surface area contributed by atoms with Gasteiger partial charge in [0.15, 0.2) is 0 Å². The van der Waals surface area contributed by atoms with Crippen molar-refractivity contribution in [3.8, 4) is 0 Å².